The molecule has 29 heavy (non-hydrogen) atoms. The van der Waals surface area contributed by atoms with Crippen LogP contribution in [0.4, 0.5) is 13.2 Å². The van der Waals surface area contributed by atoms with E-state index in [-0.39, 0.29) is 49.2 Å². The molecule has 1 aromatic carbocycles. The molecular formula is C20H27F3N2O4. The Kier molecular flexibility index (Phi) is 7.51. The Hall–Kier alpha value is -2.29. The van der Waals surface area contributed by atoms with Crippen molar-refractivity contribution in [2.75, 3.05) is 19.6 Å². The van der Waals surface area contributed by atoms with Crippen molar-refractivity contribution in [1.82, 2.24) is 9.80 Å². The Labute approximate surface area is 168 Å². The molecule has 1 aliphatic heterocycles. The molecule has 6 nitrogen and oxygen atoms in total. The minimum Gasteiger partial charge on any atom is -0.406 e. The highest BCUT2D eigenvalue weighted by atomic mass is 19.4. The zero-order chi connectivity index (χ0) is 21.8. The first-order valence-corrected chi connectivity index (χ1v) is 9.50. The first-order valence-electron chi connectivity index (χ1n) is 9.50. The Balaban J connectivity index is 2.06. The van der Waals surface area contributed by atoms with E-state index in [1.54, 1.807) is 18.7 Å². The van der Waals surface area contributed by atoms with Crippen LogP contribution in [0.1, 0.15) is 33.3 Å². The number of benzene rings is 1. The van der Waals surface area contributed by atoms with E-state index in [2.05, 4.69) is 4.74 Å². The third-order valence-corrected chi connectivity index (χ3v) is 4.54. The summed E-state index contributed by atoms with van der Waals surface area (Å²) < 4.78 is 46.5. The van der Waals surface area contributed by atoms with E-state index < -0.39 is 12.5 Å². The van der Waals surface area contributed by atoms with E-state index in [9.17, 15) is 22.8 Å². The lowest BCUT2D eigenvalue weighted by Gasteiger charge is -2.27. The topological polar surface area (TPSA) is 59.1 Å². The van der Waals surface area contributed by atoms with E-state index >= 15 is 0 Å². The molecule has 2 amide bonds. The van der Waals surface area contributed by atoms with Gasteiger partial charge in [0, 0.05) is 25.0 Å². The standard InChI is InChI=1S/C20H27F3N2O4/c1-13(2)19(27)24-9-17(10-25(14(3)4)18(26)11-24)28-12-15-5-7-16(8-6-15)29-20(21,22)23/h5-8,13-14,17H,9-12H2,1-4H3. The lowest BCUT2D eigenvalue weighted by molar-refractivity contribution is -0.274. The van der Waals surface area contributed by atoms with Crippen LogP contribution in [-0.2, 0) is 20.9 Å². The number of rotatable bonds is 6. The molecule has 1 fully saturated rings. The van der Waals surface area contributed by atoms with Crippen LogP contribution in [0.15, 0.2) is 24.3 Å². The van der Waals surface area contributed by atoms with Crippen molar-refractivity contribution >= 4 is 11.8 Å². The Bertz CT molecular complexity index is 705. The van der Waals surface area contributed by atoms with Gasteiger partial charge in [-0.15, -0.1) is 13.2 Å². The maximum Gasteiger partial charge on any atom is 0.573 e. The molecule has 1 atom stereocenters. The lowest BCUT2D eigenvalue weighted by Crippen LogP contribution is -2.43. The molecule has 0 aromatic heterocycles. The van der Waals surface area contributed by atoms with E-state index in [4.69, 9.17) is 4.74 Å². The van der Waals surface area contributed by atoms with Gasteiger partial charge in [0.15, 0.2) is 0 Å². The summed E-state index contributed by atoms with van der Waals surface area (Å²) in [4.78, 5) is 28.2. The monoisotopic (exact) mass is 416 g/mol. The Morgan fingerprint density at radius 2 is 1.76 bits per heavy atom. The molecule has 1 saturated heterocycles. The Morgan fingerprint density at radius 1 is 1.14 bits per heavy atom. The second kappa shape index (κ2) is 9.47. The van der Waals surface area contributed by atoms with E-state index in [1.807, 2.05) is 13.8 Å². The molecule has 1 aromatic rings. The third-order valence-electron chi connectivity index (χ3n) is 4.54. The van der Waals surface area contributed by atoms with Crippen LogP contribution >= 0.6 is 0 Å². The highest BCUT2D eigenvalue weighted by Gasteiger charge is 2.33. The molecule has 0 radical (unpaired) electrons. The van der Waals surface area contributed by atoms with Gasteiger partial charge in [-0.05, 0) is 31.5 Å². The molecule has 0 spiro atoms. The first-order chi connectivity index (χ1) is 13.5. The van der Waals surface area contributed by atoms with Gasteiger partial charge < -0.3 is 19.3 Å². The molecular weight excluding hydrogens is 389 g/mol. The molecule has 162 valence electrons. The van der Waals surface area contributed by atoms with E-state index in [0.29, 0.717) is 12.1 Å². The second-order valence-electron chi connectivity index (χ2n) is 7.64. The van der Waals surface area contributed by atoms with E-state index in [1.165, 1.54) is 29.2 Å². The van der Waals surface area contributed by atoms with Gasteiger partial charge in [-0.3, -0.25) is 9.59 Å². The fourth-order valence-electron chi connectivity index (χ4n) is 3.08. The summed E-state index contributed by atoms with van der Waals surface area (Å²) >= 11 is 0. The molecule has 2 rings (SSSR count). The van der Waals surface area contributed by atoms with Crippen molar-refractivity contribution in [3.8, 4) is 5.75 Å². The maximum atomic E-state index is 12.5. The zero-order valence-corrected chi connectivity index (χ0v) is 17.0. The normalized spacial score (nSPS) is 18.4. The fourth-order valence-corrected chi connectivity index (χ4v) is 3.08. The van der Waals surface area contributed by atoms with Gasteiger partial charge in [-0.2, -0.15) is 0 Å². The molecule has 0 saturated carbocycles. The molecule has 1 unspecified atom stereocenters. The first kappa shape index (κ1) is 23.0. The maximum absolute atomic E-state index is 12.5. The summed E-state index contributed by atoms with van der Waals surface area (Å²) in [5, 5.41) is 0. The number of hydrogen-bond acceptors (Lipinski definition) is 4. The molecule has 0 bridgehead atoms. The molecule has 1 heterocycles. The van der Waals surface area contributed by atoms with Crippen molar-refractivity contribution in [3.63, 3.8) is 0 Å². The van der Waals surface area contributed by atoms with Gasteiger partial charge in [0.25, 0.3) is 0 Å². The third kappa shape index (κ3) is 6.92. The predicted molar refractivity (Wildman–Crippen MR) is 100.0 cm³/mol. The van der Waals surface area contributed by atoms with Crippen LogP contribution in [-0.4, -0.2) is 59.8 Å². The van der Waals surface area contributed by atoms with Crippen LogP contribution in [0.25, 0.3) is 0 Å². The Morgan fingerprint density at radius 3 is 2.28 bits per heavy atom. The number of ether oxygens (including phenoxy) is 2. The van der Waals surface area contributed by atoms with Gasteiger partial charge >= 0.3 is 6.36 Å². The van der Waals surface area contributed by atoms with Gasteiger partial charge in [0.2, 0.25) is 11.8 Å². The summed E-state index contributed by atoms with van der Waals surface area (Å²) in [6, 6.07) is 5.37. The van der Waals surface area contributed by atoms with Gasteiger partial charge in [0.1, 0.15) is 5.75 Å². The number of carbonyl (C=O) groups is 2. The number of carbonyl (C=O) groups excluding carboxylic acids is 2. The van der Waals surface area contributed by atoms with Crippen LogP contribution < -0.4 is 4.74 Å². The highest BCUT2D eigenvalue weighted by Crippen LogP contribution is 2.23. The van der Waals surface area contributed by atoms with Gasteiger partial charge in [-0.25, -0.2) is 0 Å². The zero-order valence-electron chi connectivity index (χ0n) is 17.0. The number of hydrogen-bond donors (Lipinski definition) is 0. The van der Waals surface area contributed by atoms with Crippen LogP contribution in [0, 0.1) is 5.92 Å². The van der Waals surface area contributed by atoms with Crippen LogP contribution in [0.3, 0.4) is 0 Å². The van der Waals surface area contributed by atoms with Crippen molar-refractivity contribution in [2.45, 2.75) is 52.8 Å². The van der Waals surface area contributed by atoms with Crippen molar-refractivity contribution in [2.24, 2.45) is 5.92 Å². The van der Waals surface area contributed by atoms with Crippen LogP contribution in [0.2, 0.25) is 0 Å². The summed E-state index contributed by atoms with van der Waals surface area (Å²) in [7, 11) is 0. The number of alkyl halides is 3. The minimum absolute atomic E-state index is 0.0124. The van der Waals surface area contributed by atoms with Crippen molar-refractivity contribution < 1.29 is 32.2 Å². The van der Waals surface area contributed by atoms with Gasteiger partial charge in [-0.1, -0.05) is 26.0 Å². The average molecular weight is 416 g/mol. The molecule has 0 aliphatic carbocycles. The van der Waals surface area contributed by atoms with Crippen LogP contribution in [0.5, 0.6) is 5.75 Å². The molecule has 1 aliphatic rings. The smallest absolute Gasteiger partial charge is 0.406 e. The quantitative estimate of drug-likeness (QED) is 0.715. The van der Waals surface area contributed by atoms with Crippen molar-refractivity contribution in [3.05, 3.63) is 29.8 Å². The van der Waals surface area contributed by atoms with Gasteiger partial charge in [0.05, 0.1) is 19.3 Å². The molecule has 9 heteroatoms. The number of nitrogens with zero attached hydrogens (tertiary/aromatic N) is 2. The number of amides is 2. The fraction of sp³-hybridized carbons (Fsp3) is 0.600. The summed E-state index contributed by atoms with van der Waals surface area (Å²) in [6.45, 7) is 8.12. The lowest BCUT2D eigenvalue weighted by atomic mass is 10.2. The summed E-state index contributed by atoms with van der Waals surface area (Å²) in [5.74, 6) is -0.795. The number of halogens is 3. The second-order valence-corrected chi connectivity index (χ2v) is 7.64. The predicted octanol–water partition coefficient (Wildman–Crippen LogP) is 3.21. The SMILES string of the molecule is CC(C)C(=O)N1CC(=O)N(C(C)C)CC(OCc2ccc(OC(F)(F)F)cc2)C1. The largest absolute Gasteiger partial charge is 0.573 e. The summed E-state index contributed by atoms with van der Waals surface area (Å²) in [5.41, 5.74) is 0.660. The summed E-state index contributed by atoms with van der Waals surface area (Å²) in [6.07, 6.45) is -5.14. The van der Waals surface area contributed by atoms with E-state index in [0.717, 1.165) is 0 Å². The minimum atomic E-state index is -4.74. The highest BCUT2D eigenvalue weighted by molar-refractivity contribution is 5.86. The van der Waals surface area contributed by atoms with Crippen molar-refractivity contribution in [1.29, 1.82) is 0 Å². The average Bonchev–Trinajstić information content (AvgIpc) is 2.78. The molecule has 0 N–H and O–H groups in total.